The normalized spacial score (nSPS) is 19.2. The third-order valence-electron chi connectivity index (χ3n) is 3.49. The first-order valence-electron chi connectivity index (χ1n) is 6.42. The SMILES string of the molecule is O=c1[nH]c2ccc(NCC3CC=CCC3)cc2[nH]1. The minimum atomic E-state index is -0.153. The van der Waals surface area contributed by atoms with E-state index in [1.54, 1.807) is 0 Å². The fourth-order valence-electron chi connectivity index (χ4n) is 2.45. The molecule has 1 aliphatic rings. The quantitative estimate of drug-likeness (QED) is 0.726. The second kappa shape index (κ2) is 4.72. The summed E-state index contributed by atoms with van der Waals surface area (Å²) in [7, 11) is 0. The van der Waals surface area contributed by atoms with Crippen LogP contribution >= 0.6 is 0 Å². The molecule has 0 saturated heterocycles. The van der Waals surface area contributed by atoms with E-state index in [2.05, 4.69) is 27.4 Å². The predicted molar refractivity (Wildman–Crippen MR) is 73.9 cm³/mol. The highest BCUT2D eigenvalue weighted by molar-refractivity contribution is 5.78. The summed E-state index contributed by atoms with van der Waals surface area (Å²) in [5.74, 6) is 0.718. The second-order valence-electron chi connectivity index (χ2n) is 4.87. The minimum absolute atomic E-state index is 0.153. The molecule has 0 amide bonds. The fourth-order valence-corrected chi connectivity index (χ4v) is 2.45. The summed E-state index contributed by atoms with van der Waals surface area (Å²) >= 11 is 0. The number of nitrogens with one attached hydrogen (secondary N) is 3. The maximum absolute atomic E-state index is 11.2. The highest BCUT2D eigenvalue weighted by atomic mass is 16.1. The Morgan fingerprint density at radius 1 is 1.22 bits per heavy atom. The minimum Gasteiger partial charge on any atom is -0.385 e. The Hall–Kier alpha value is -1.97. The van der Waals surface area contributed by atoms with Crippen LogP contribution in [0.2, 0.25) is 0 Å². The van der Waals surface area contributed by atoms with Crippen LogP contribution in [0.3, 0.4) is 0 Å². The van der Waals surface area contributed by atoms with Crippen molar-refractivity contribution >= 4 is 16.7 Å². The average Bonchev–Trinajstić information content (AvgIpc) is 2.77. The van der Waals surface area contributed by atoms with E-state index >= 15 is 0 Å². The molecule has 3 N–H and O–H groups in total. The number of benzene rings is 1. The predicted octanol–water partition coefficient (Wildman–Crippen LogP) is 2.62. The zero-order chi connectivity index (χ0) is 12.4. The molecule has 0 saturated carbocycles. The van der Waals surface area contributed by atoms with Crippen molar-refractivity contribution in [2.24, 2.45) is 5.92 Å². The molecule has 1 atom stereocenters. The van der Waals surface area contributed by atoms with Crippen molar-refractivity contribution in [2.45, 2.75) is 19.3 Å². The van der Waals surface area contributed by atoms with Crippen LogP contribution in [-0.2, 0) is 0 Å². The van der Waals surface area contributed by atoms with Gasteiger partial charge in [0.25, 0.3) is 0 Å². The summed E-state index contributed by atoms with van der Waals surface area (Å²) in [5.41, 5.74) is 2.62. The first-order chi connectivity index (χ1) is 8.81. The molecule has 0 fully saturated rings. The van der Waals surface area contributed by atoms with Gasteiger partial charge in [0, 0.05) is 12.2 Å². The zero-order valence-corrected chi connectivity index (χ0v) is 10.2. The number of hydrogen-bond acceptors (Lipinski definition) is 2. The molecule has 0 radical (unpaired) electrons. The molecule has 0 bridgehead atoms. The lowest BCUT2D eigenvalue weighted by Gasteiger charge is -2.18. The summed E-state index contributed by atoms with van der Waals surface area (Å²) < 4.78 is 0. The molecule has 3 rings (SSSR count). The molecule has 18 heavy (non-hydrogen) atoms. The standard InChI is InChI=1S/C14H17N3O/c18-14-16-12-7-6-11(8-13(12)17-14)15-9-10-4-2-1-3-5-10/h1-2,6-8,10,15H,3-5,9H2,(H2,16,17,18). The lowest BCUT2D eigenvalue weighted by atomic mass is 9.94. The van der Waals surface area contributed by atoms with Crippen LogP contribution in [0.5, 0.6) is 0 Å². The topological polar surface area (TPSA) is 60.7 Å². The number of fused-ring (bicyclic) bond motifs is 1. The second-order valence-corrected chi connectivity index (χ2v) is 4.87. The van der Waals surface area contributed by atoms with E-state index in [-0.39, 0.29) is 5.69 Å². The Bertz CT molecular complexity index is 623. The Morgan fingerprint density at radius 3 is 2.94 bits per heavy atom. The Kier molecular flexibility index (Phi) is 2.92. The molecule has 1 aliphatic carbocycles. The van der Waals surface area contributed by atoms with E-state index in [9.17, 15) is 4.79 Å². The first kappa shape index (κ1) is 11.1. The smallest absolute Gasteiger partial charge is 0.323 e. The van der Waals surface area contributed by atoms with E-state index in [0.717, 1.165) is 35.6 Å². The van der Waals surface area contributed by atoms with Gasteiger partial charge in [0.15, 0.2) is 0 Å². The molecule has 1 unspecified atom stereocenters. The van der Waals surface area contributed by atoms with E-state index < -0.39 is 0 Å². The van der Waals surface area contributed by atoms with Crippen molar-refractivity contribution < 1.29 is 0 Å². The lowest BCUT2D eigenvalue weighted by Crippen LogP contribution is -2.15. The van der Waals surface area contributed by atoms with Crippen LogP contribution in [0, 0.1) is 5.92 Å². The number of allylic oxidation sites excluding steroid dienone is 2. The molecular formula is C14H17N3O. The molecule has 4 nitrogen and oxygen atoms in total. The Balaban J connectivity index is 1.70. The van der Waals surface area contributed by atoms with Crippen molar-refractivity contribution in [2.75, 3.05) is 11.9 Å². The summed E-state index contributed by atoms with van der Waals surface area (Å²) in [5, 5.41) is 3.45. The number of imidazole rings is 1. The van der Waals surface area contributed by atoms with Gasteiger partial charge in [-0.05, 0) is 43.4 Å². The van der Waals surface area contributed by atoms with E-state index in [1.165, 1.54) is 12.8 Å². The van der Waals surface area contributed by atoms with E-state index in [4.69, 9.17) is 0 Å². The summed E-state index contributed by atoms with van der Waals surface area (Å²) in [6.45, 7) is 0.991. The molecule has 1 aromatic heterocycles. The molecule has 1 aromatic carbocycles. The maximum Gasteiger partial charge on any atom is 0.323 e. The van der Waals surface area contributed by atoms with Gasteiger partial charge < -0.3 is 15.3 Å². The molecule has 0 aliphatic heterocycles. The van der Waals surface area contributed by atoms with E-state index in [1.807, 2.05) is 18.2 Å². The summed E-state index contributed by atoms with van der Waals surface area (Å²) in [6, 6.07) is 5.91. The van der Waals surface area contributed by atoms with Gasteiger partial charge in [-0.1, -0.05) is 12.2 Å². The molecule has 1 heterocycles. The summed E-state index contributed by atoms with van der Waals surface area (Å²) in [6.07, 6.45) is 8.13. The number of hydrogen-bond donors (Lipinski definition) is 3. The van der Waals surface area contributed by atoms with Crippen LogP contribution in [0.25, 0.3) is 11.0 Å². The van der Waals surface area contributed by atoms with Gasteiger partial charge in [-0.3, -0.25) is 0 Å². The molecular weight excluding hydrogens is 226 g/mol. The number of anilines is 1. The monoisotopic (exact) mass is 243 g/mol. The fraction of sp³-hybridized carbons (Fsp3) is 0.357. The van der Waals surface area contributed by atoms with Crippen LogP contribution in [-0.4, -0.2) is 16.5 Å². The van der Waals surface area contributed by atoms with Crippen molar-refractivity contribution in [3.8, 4) is 0 Å². The summed E-state index contributed by atoms with van der Waals surface area (Å²) in [4.78, 5) is 16.7. The van der Waals surface area contributed by atoms with Gasteiger partial charge in [0.2, 0.25) is 0 Å². The number of aromatic nitrogens is 2. The van der Waals surface area contributed by atoms with Gasteiger partial charge in [-0.15, -0.1) is 0 Å². The molecule has 2 aromatic rings. The van der Waals surface area contributed by atoms with Crippen LogP contribution in [0.15, 0.2) is 35.1 Å². The third kappa shape index (κ3) is 2.32. The first-order valence-corrected chi connectivity index (χ1v) is 6.42. The Morgan fingerprint density at radius 2 is 2.11 bits per heavy atom. The number of aromatic amines is 2. The van der Waals surface area contributed by atoms with Crippen molar-refractivity contribution in [3.05, 3.63) is 40.8 Å². The van der Waals surface area contributed by atoms with Gasteiger partial charge in [0.05, 0.1) is 11.0 Å². The highest BCUT2D eigenvalue weighted by Gasteiger charge is 2.09. The zero-order valence-electron chi connectivity index (χ0n) is 10.2. The largest absolute Gasteiger partial charge is 0.385 e. The molecule has 94 valence electrons. The molecule has 4 heteroatoms. The number of rotatable bonds is 3. The van der Waals surface area contributed by atoms with Gasteiger partial charge in [0.1, 0.15) is 0 Å². The van der Waals surface area contributed by atoms with Crippen LogP contribution in [0.4, 0.5) is 5.69 Å². The average molecular weight is 243 g/mol. The number of H-pyrrole nitrogens is 2. The Labute approximate surface area is 105 Å². The lowest BCUT2D eigenvalue weighted by molar-refractivity contribution is 0.504. The van der Waals surface area contributed by atoms with Crippen molar-refractivity contribution in [3.63, 3.8) is 0 Å². The van der Waals surface area contributed by atoms with Gasteiger partial charge in [-0.2, -0.15) is 0 Å². The molecule has 0 spiro atoms. The third-order valence-corrected chi connectivity index (χ3v) is 3.49. The van der Waals surface area contributed by atoms with Gasteiger partial charge >= 0.3 is 5.69 Å². The van der Waals surface area contributed by atoms with Gasteiger partial charge in [-0.25, -0.2) is 4.79 Å². The highest BCUT2D eigenvalue weighted by Crippen LogP contribution is 2.20. The maximum atomic E-state index is 11.2. The van der Waals surface area contributed by atoms with Crippen molar-refractivity contribution in [1.29, 1.82) is 0 Å². The van der Waals surface area contributed by atoms with Crippen LogP contribution in [0.1, 0.15) is 19.3 Å². The van der Waals surface area contributed by atoms with Crippen molar-refractivity contribution in [1.82, 2.24) is 9.97 Å². The van der Waals surface area contributed by atoms with Crippen LogP contribution < -0.4 is 11.0 Å². The van der Waals surface area contributed by atoms with E-state index in [0.29, 0.717) is 0 Å².